The van der Waals surface area contributed by atoms with Crippen LogP contribution in [0.3, 0.4) is 0 Å². The molecule has 1 aliphatic carbocycles. The zero-order valence-electron chi connectivity index (χ0n) is 17.3. The van der Waals surface area contributed by atoms with Crippen molar-refractivity contribution in [3.05, 3.63) is 59.0 Å². The maximum Gasteiger partial charge on any atom is 0.257 e. The first-order chi connectivity index (χ1) is 15.1. The number of nitrogens with zero attached hydrogens (tertiary/aromatic N) is 1. The van der Waals surface area contributed by atoms with Crippen LogP contribution < -0.4 is 20.1 Å². The molecule has 0 saturated heterocycles. The van der Waals surface area contributed by atoms with Crippen LogP contribution in [-0.2, 0) is 11.3 Å². The Hall–Kier alpha value is -3.39. The molecule has 160 valence electrons. The van der Waals surface area contributed by atoms with Gasteiger partial charge in [-0.2, -0.15) is 0 Å². The van der Waals surface area contributed by atoms with Gasteiger partial charge in [0.25, 0.3) is 5.91 Å². The topological polar surface area (TPSA) is 89.5 Å². The van der Waals surface area contributed by atoms with E-state index in [-0.39, 0.29) is 17.7 Å². The largest absolute Gasteiger partial charge is 0.497 e. The monoisotopic (exact) mass is 437 g/mol. The molecule has 2 amide bonds. The van der Waals surface area contributed by atoms with E-state index in [1.54, 1.807) is 26.4 Å². The minimum absolute atomic E-state index is 0.106. The van der Waals surface area contributed by atoms with E-state index in [1.165, 1.54) is 11.3 Å². The van der Waals surface area contributed by atoms with Crippen molar-refractivity contribution in [3.63, 3.8) is 0 Å². The first kappa shape index (κ1) is 20.9. The number of aromatic nitrogens is 1. The zero-order valence-corrected chi connectivity index (χ0v) is 18.1. The van der Waals surface area contributed by atoms with Gasteiger partial charge in [-0.15, -0.1) is 11.3 Å². The van der Waals surface area contributed by atoms with E-state index >= 15 is 0 Å². The van der Waals surface area contributed by atoms with Gasteiger partial charge < -0.3 is 14.8 Å². The summed E-state index contributed by atoms with van der Waals surface area (Å²) >= 11 is 1.34. The molecule has 1 aromatic heterocycles. The molecule has 8 heteroatoms. The second kappa shape index (κ2) is 9.18. The number of benzene rings is 2. The van der Waals surface area contributed by atoms with Crippen LogP contribution in [0.15, 0.2) is 47.8 Å². The highest BCUT2D eigenvalue weighted by Crippen LogP contribution is 2.35. The Labute approximate surface area is 184 Å². The molecule has 1 heterocycles. The lowest BCUT2D eigenvalue weighted by Crippen LogP contribution is -2.24. The van der Waals surface area contributed by atoms with Crippen LogP contribution in [0.2, 0.25) is 0 Å². The van der Waals surface area contributed by atoms with Crippen molar-refractivity contribution >= 4 is 28.3 Å². The van der Waals surface area contributed by atoms with Crippen LogP contribution in [-0.4, -0.2) is 31.0 Å². The number of ether oxygens (including phenoxy) is 2. The molecule has 1 aliphatic rings. The van der Waals surface area contributed by atoms with E-state index in [0.29, 0.717) is 34.4 Å². The normalized spacial score (nSPS) is 12.8. The summed E-state index contributed by atoms with van der Waals surface area (Å²) in [6.45, 7) is 0.468. The number of carbonyl (C=O) groups excluding carboxylic acids is 2. The Morgan fingerprint density at radius 2 is 1.87 bits per heavy atom. The lowest BCUT2D eigenvalue weighted by atomic mass is 10.1. The van der Waals surface area contributed by atoms with Gasteiger partial charge in [0.2, 0.25) is 5.91 Å². The van der Waals surface area contributed by atoms with Gasteiger partial charge in [-0.05, 0) is 48.7 Å². The molecular formula is C23H23N3O4S. The maximum absolute atomic E-state index is 12.6. The van der Waals surface area contributed by atoms with Crippen molar-refractivity contribution in [2.24, 2.45) is 5.92 Å². The Morgan fingerprint density at radius 3 is 2.55 bits per heavy atom. The van der Waals surface area contributed by atoms with E-state index in [9.17, 15) is 9.59 Å². The smallest absolute Gasteiger partial charge is 0.257 e. The van der Waals surface area contributed by atoms with Gasteiger partial charge in [-0.3, -0.25) is 14.9 Å². The molecule has 0 spiro atoms. The van der Waals surface area contributed by atoms with Gasteiger partial charge in [-0.1, -0.05) is 12.1 Å². The number of carbonyl (C=O) groups is 2. The van der Waals surface area contributed by atoms with Crippen molar-refractivity contribution in [3.8, 4) is 22.8 Å². The highest BCUT2D eigenvalue weighted by molar-refractivity contribution is 7.14. The second-order valence-electron chi connectivity index (χ2n) is 7.25. The molecule has 0 bridgehead atoms. The van der Waals surface area contributed by atoms with E-state index in [1.807, 2.05) is 35.7 Å². The Balaban J connectivity index is 1.40. The number of amides is 2. The molecule has 31 heavy (non-hydrogen) atoms. The minimum atomic E-state index is -0.243. The lowest BCUT2D eigenvalue weighted by molar-refractivity contribution is -0.122. The maximum atomic E-state index is 12.6. The van der Waals surface area contributed by atoms with Crippen LogP contribution in [0.25, 0.3) is 11.3 Å². The van der Waals surface area contributed by atoms with Crippen molar-refractivity contribution in [2.45, 2.75) is 19.4 Å². The number of hydrogen-bond donors (Lipinski definition) is 2. The van der Waals surface area contributed by atoms with Gasteiger partial charge in [-0.25, -0.2) is 4.98 Å². The van der Waals surface area contributed by atoms with Gasteiger partial charge in [0, 0.05) is 29.0 Å². The molecule has 0 aliphatic heterocycles. The van der Waals surface area contributed by atoms with Crippen LogP contribution in [0, 0.1) is 5.92 Å². The Bertz CT molecular complexity index is 1090. The average Bonchev–Trinajstić information content (AvgIpc) is 3.56. The summed E-state index contributed by atoms with van der Waals surface area (Å²) in [5, 5.41) is 8.10. The van der Waals surface area contributed by atoms with Crippen molar-refractivity contribution < 1.29 is 19.1 Å². The SMILES string of the molecule is COc1ccc(OC)c(-c2csc(NC(=O)c3ccc(CNC(=O)C4CC4)cc3)n2)c1. The van der Waals surface area contributed by atoms with E-state index < -0.39 is 0 Å². The fourth-order valence-corrected chi connectivity index (χ4v) is 3.80. The predicted molar refractivity (Wildman–Crippen MR) is 120 cm³/mol. The average molecular weight is 438 g/mol. The van der Waals surface area contributed by atoms with Crippen LogP contribution >= 0.6 is 11.3 Å². The fourth-order valence-electron chi connectivity index (χ4n) is 3.09. The van der Waals surface area contributed by atoms with Crippen molar-refractivity contribution in [1.29, 1.82) is 0 Å². The summed E-state index contributed by atoms with van der Waals surface area (Å²) in [4.78, 5) is 28.9. The molecule has 0 radical (unpaired) electrons. The summed E-state index contributed by atoms with van der Waals surface area (Å²) in [7, 11) is 3.20. The number of rotatable bonds is 8. The van der Waals surface area contributed by atoms with E-state index in [0.717, 1.165) is 24.0 Å². The highest BCUT2D eigenvalue weighted by atomic mass is 32.1. The molecule has 2 aromatic carbocycles. The zero-order chi connectivity index (χ0) is 21.8. The van der Waals surface area contributed by atoms with Crippen molar-refractivity contribution in [1.82, 2.24) is 10.3 Å². The summed E-state index contributed by atoms with van der Waals surface area (Å²) in [6, 6.07) is 12.7. The molecule has 2 N–H and O–H groups in total. The molecular weight excluding hydrogens is 414 g/mol. The Kier molecular flexibility index (Phi) is 6.18. The minimum Gasteiger partial charge on any atom is -0.497 e. The molecule has 1 saturated carbocycles. The second-order valence-corrected chi connectivity index (χ2v) is 8.11. The van der Waals surface area contributed by atoms with E-state index in [2.05, 4.69) is 15.6 Å². The molecule has 4 rings (SSSR count). The first-order valence-corrected chi connectivity index (χ1v) is 10.8. The number of hydrogen-bond acceptors (Lipinski definition) is 6. The molecule has 3 aromatic rings. The Morgan fingerprint density at radius 1 is 1.10 bits per heavy atom. The quantitative estimate of drug-likeness (QED) is 0.554. The third-order valence-electron chi connectivity index (χ3n) is 5.04. The summed E-state index contributed by atoms with van der Waals surface area (Å²) in [5.41, 5.74) is 2.95. The van der Waals surface area contributed by atoms with Crippen molar-refractivity contribution in [2.75, 3.05) is 19.5 Å². The fraction of sp³-hybridized carbons (Fsp3) is 0.261. The molecule has 0 unspecified atom stereocenters. The summed E-state index contributed by atoms with van der Waals surface area (Å²) in [5.74, 6) is 1.42. The standard InChI is InChI=1S/C23H23N3O4S/c1-29-17-9-10-20(30-2)18(11-17)19-13-31-23(25-19)26-22(28)16-5-3-14(4-6-16)12-24-21(27)15-7-8-15/h3-6,9-11,13,15H,7-8,12H2,1-2H3,(H,24,27)(H,25,26,28). The third-order valence-corrected chi connectivity index (χ3v) is 5.80. The lowest BCUT2D eigenvalue weighted by Gasteiger charge is -2.08. The third kappa shape index (κ3) is 5.03. The van der Waals surface area contributed by atoms with Gasteiger partial charge in [0.1, 0.15) is 11.5 Å². The molecule has 1 fully saturated rings. The van der Waals surface area contributed by atoms with Gasteiger partial charge >= 0.3 is 0 Å². The van der Waals surface area contributed by atoms with Gasteiger partial charge in [0.05, 0.1) is 19.9 Å². The van der Waals surface area contributed by atoms with Gasteiger partial charge in [0.15, 0.2) is 5.13 Å². The van der Waals surface area contributed by atoms with E-state index in [4.69, 9.17) is 9.47 Å². The number of nitrogens with one attached hydrogen (secondary N) is 2. The van der Waals surface area contributed by atoms with Crippen LogP contribution in [0.4, 0.5) is 5.13 Å². The number of methoxy groups -OCH3 is 2. The number of anilines is 1. The summed E-state index contributed by atoms with van der Waals surface area (Å²) in [6.07, 6.45) is 1.96. The number of thiazole rings is 1. The predicted octanol–water partition coefficient (Wildman–Crippen LogP) is 4.11. The van der Waals surface area contributed by atoms with Crippen LogP contribution in [0.5, 0.6) is 11.5 Å². The first-order valence-electron chi connectivity index (χ1n) is 9.93. The molecule has 0 atom stereocenters. The van der Waals surface area contributed by atoms with Crippen LogP contribution in [0.1, 0.15) is 28.8 Å². The highest BCUT2D eigenvalue weighted by Gasteiger charge is 2.29. The summed E-state index contributed by atoms with van der Waals surface area (Å²) < 4.78 is 10.7. The molecule has 7 nitrogen and oxygen atoms in total.